The van der Waals surface area contributed by atoms with Crippen molar-refractivity contribution < 1.29 is 27.5 Å². The highest BCUT2D eigenvalue weighted by Crippen LogP contribution is 2.22. The molecule has 1 heterocycles. The third-order valence-corrected chi connectivity index (χ3v) is 7.56. The van der Waals surface area contributed by atoms with Crippen LogP contribution in [0, 0.1) is 13.8 Å². The molecular formula is C24H29N3O6S. The topological polar surface area (TPSA) is 113 Å². The number of amides is 2. The minimum atomic E-state index is -3.64. The van der Waals surface area contributed by atoms with E-state index in [2.05, 4.69) is 5.32 Å². The van der Waals surface area contributed by atoms with Crippen LogP contribution in [0.15, 0.2) is 53.4 Å². The highest BCUT2D eigenvalue weighted by molar-refractivity contribution is 7.89. The van der Waals surface area contributed by atoms with Crippen molar-refractivity contribution in [1.29, 1.82) is 0 Å². The van der Waals surface area contributed by atoms with Gasteiger partial charge in [0.1, 0.15) is 0 Å². The summed E-state index contributed by atoms with van der Waals surface area (Å²) in [5.74, 6) is -1.37. The summed E-state index contributed by atoms with van der Waals surface area (Å²) in [6, 6.07) is 14.1. The van der Waals surface area contributed by atoms with E-state index in [4.69, 9.17) is 4.74 Å². The number of sulfonamides is 1. The molecule has 1 aliphatic rings. The molecule has 0 atom stereocenters. The van der Waals surface area contributed by atoms with E-state index in [1.807, 2.05) is 19.1 Å². The zero-order valence-electron chi connectivity index (χ0n) is 19.3. The fraction of sp³-hybridized carbons (Fsp3) is 0.375. The molecule has 0 saturated carbocycles. The second-order valence-corrected chi connectivity index (χ2v) is 10.0. The smallest absolute Gasteiger partial charge is 0.306 e. The van der Waals surface area contributed by atoms with Crippen molar-refractivity contribution in [2.75, 3.05) is 38.1 Å². The Hall–Kier alpha value is -3.24. The normalized spacial score (nSPS) is 14.5. The van der Waals surface area contributed by atoms with Gasteiger partial charge in [-0.25, -0.2) is 8.42 Å². The number of hydrogen-bond donors (Lipinski definition) is 1. The summed E-state index contributed by atoms with van der Waals surface area (Å²) in [5, 5.41) is 2.60. The number of esters is 1. The van der Waals surface area contributed by atoms with Crippen LogP contribution in [-0.4, -0.2) is 68.2 Å². The number of anilines is 1. The molecule has 0 aliphatic carbocycles. The number of nitrogens with zero attached hydrogens (tertiary/aromatic N) is 2. The number of piperazine rings is 1. The molecule has 34 heavy (non-hydrogen) atoms. The lowest BCUT2D eigenvalue weighted by atomic mass is 10.2. The van der Waals surface area contributed by atoms with Crippen molar-refractivity contribution in [2.24, 2.45) is 0 Å². The van der Waals surface area contributed by atoms with E-state index >= 15 is 0 Å². The van der Waals surface area contributed by atoms with E-state index in [0.717, 1.165) is 5.56 Å². The van der Waals surface area contributed by atoms with Gasteiger partial charge < -0.3 is 15.0 Å². The molecule has 10 heteroatoms. The largest absolute Gasteiger partial charge is 0.456 e. The Balaban J connectivity index is 1.41. The number of carbonyl (C=O) groups is 3. The number of carbonyl (C=O) groups excluding carboxylic acids is 3. The van der Waals surface area contributed by atoms with Gasteiger partial charge in [0.25, 0.3) is 5.91 Å². The SMILES string of the molecule is Cc1ccc(C)c(S(=O)(=O)N2CCN(C(=O)CCC(=O)OCC(=O)Nc3ccccc3)CC2)c1. The summed E-state index contributed by atoms with van der Waals surface area (Å²) in [4.78, 5) is 38.1. The summed E-state index contributed by atoms with van der Waals surface area (Å²) >= 11 is 0. The fourth-order valence-corrected chi connectivity index (χ4v) is 5.34. The van der Waals surface area contributed by atoms with Crippen molar-refractivity contribution in [3.63, 3.8) is 0 Å². The molecule has 2 amide bonds. The number of para-hydroxylation sites is 1. The molecule has 9 nitrogen and oxygen atoms in total. The number of aryl methyl sites for hydroxylation is 2. The Morgan fingerprint density at radius 2 is 1.62 bits per heavy atom. The molecular weight excluding hydrogens is 458 g/mol. The average molecular weight is 488 g/mol. The maximum Gasteiger partial charge on any atom is 0.306 e. The van der Waals surface area contributed by atoms with Gasteiger partial charge in [0, 0.05) is 38.3 Å². The zero-order valence-corrected chi connectivity index (χ0v) is 20.1. The minimum absolute atomic E-state index is 0.0666. The third kappa shape index (κ3) is 6.64. The molecule has 1 saturated heterocycles. The molecule has 1 aliphatic heterocycles. The Kier molecular flexibility index (Phi) is 8.41. The molecule has 3 rings (SSSR count). The van der Waals surface area contributed by atoms with Crippen molar-refractivity contribution >= 4 is 33.5 Å². The predicted octanol–water partition coefficient (Wildman–Crippen LogP) is 2.10. The van der Waals surface area contributed by atoms with Crippen LogP contribution in [-0.2, 0) is 29.1 Å². The standard InChI is InChI=1S/C24H29N3O6S/c1-18-8-9-19(2)21(16-18)34(31,32)27-14-12-26(13-15-27)23(29)10-11-24(30)33-17-22(28)25-20-6-4-3-5-7-20/h3-9,16H,10-15,17H2,1-2H3,(H,25,28). The molecule has 2 aromatic rings. The van der Waals surface area contributed by atoms with Crippen LogP contribution in [0.2, 0.25) is 0 Å². The molecule has 0 aromatic heterocycles. The van der Waals surface area contributed by atoms with Gasteiger partial charge in [0.15, 0.2) is 6.61 Å². The molecule has 1 fully saturated rings. The molecule has 2 aromatic carbocycles. The van der Waals surface area contributed by atoms with Crippen molar-refractivity contribution in [1.82, 2.24) is 9.21 Å². The number of rotatable bonds is 8. The minimum Gasteiger partial charge on any atom is -0.456 e. The van der Waals surface area contributed by atoms with E-state index in [0.29, 0.717) is 11.3 Å². The van der Waals surface area contributed by atoms with Crippen molar-refractivity contribution in [3.05, 3.63) is 59.7 Å². The Bertz CT molecular complexity index is 1140. The molecule has 0 spiro atoms. The van der Waals surface area contributed by atoms with E-state index in [9.17, 15) is 22.8 Å². The van der Waals surface area contributed by atoms with Gasteiger partial charge >= 0.3 is 5.97 Å². The summed E-state index contributed by atoms with van der Waals surface area (Å²) < 4.78 is 32.4. The highest BCUT2D eigenvalue weighted by Gasteiger charge is 2.31. The van der Waals surface area contributed by atoms with Crippen molar-refractivity contribution in [3.8, 4) is 0 Å². The summed E-state index contributed by atoms with van der Waals surface area (Å²) in [5.41, 5.74) is 2.14. The predicted molar refractivity (Wildman–Crippen MR) is 127 cm³/mol. The summed E-state index contributed by atoms with van der Waals surface area (Å²) in [6.45, 7) is 4.04. The molecule has 0 radical (unpaired) electrons. The van der Waals surface area contributed by atoms with Gasteiger partial charge in [-0.1, -0.05) is 30.3 Å². The van der Waals surface area contributed by atoms with E-state index in [-0.39, 0.29) is 49.8 Å². The third-order valence-electron chi connectivity index (χ3n) is 5.52. The first-order valence-electron chi connectivity index (χ1n) is 11.0. The van der Waals surface area contributed by atoms with E-state index < -0.39 is 28.5 Å². The van der Waals surface area contributed by atoms with Crippen LogP contribution in [0.4, 0.5) is 5.69 Å². The monoisotopic (exact) mass is 487 g/mol. The lowest BCUT2D eigenvalue weighted by molar-refractivity contribution is -0.149. The van der Waals surface area contributed by atoms with Crippen molar-refractivity contribution in [2.45, 2.75) is 31.6 Å². The summed E-state index contributed by atoms with van der Waals surface area (Å²) in [7, 11) is -3.64. The van der Waals surface area contributed by atoms with Gasteiger partial charge in [-0.15, -0.1) is 0 Å². The molecule has 1 N–H and O–H groups in total. The average Bonchev–Trinajstić information content (AvgIpc) is 2.83. The van der Waals surface area contributed by atoms with Crippen LogP contribution in [0.5, 0.6) is 0 Å². The second kappa shape index (κ2) is 11.3. The van der Waals surface area contributed by atoms with Crippen LogP contribution in [0.25, 0.3) is 0 Å². The number of hydrogen-bond acceptors (Lipinski definition) is 6. The maximum absolute atomic E-state index is 13.0. The van der Waals surface area contributed by atoms with Gasteiger partial charge in [0.2, 0.25) is 15.9 Å². The van der Waals surface area contributed by atoms with E-state index in [1.54, 1.807) is 48.2 Å². The zero-order chi connectivity index (χ0) is 24.7. The highest BCUT2D eigenvalue weighted by atomic mass is 32.2. The first kappa shape index (κ1) is 25.4. The number of benzene rings is 2. The van der Waals surface area contributed by atoms with Gasteiger partial charge in [0.05, 0.1) is 11.3 Å². The van der Waals surface area contributed by atoms with Crippen LogP contribution in [0.3, 0.4) is 0 Å². The Morgan fingerprint density at radius 1 is 0.941 bits per heavy atom. The number of nitrogens with one attached hydrogen (secondary N) is 1. The Labute approximate surface area is 199 Å². The van der Waals surface area contributed by atoms with Crippen LogP contribution >= 0.6 is 0 Å². The molecule has 0 unspecified atom stereocenters. The lowest BCUT2D eigenvalue weighted by Gasteiger charge is -2.34. The lowest BCUT2D eigenvalue weighted by Crippen LogP contribution is -2.50. The first-order valence-corrected chi connectivity index (χ1v) is 12.5. The fourth-order valence-electron chi connectivity index (χ4n) is 3.61. The quantitative estimate of drug-likeness (QED) is 0.571. The maximum atomic E-state index is 13.0. The van der Waals surface area contributed by atoms with Crippen LogP contribution < -0.4 is 5.32 Å². The first-order chi connectivity index (χ1) is 16.2. The van der Waals surface area contributed by atoms with Gasteiger partial charge in [-0.05, 0) is 43.2 Å². The van der Waals surface area contributed by atoms with Crippen LogP contribution in [0.1, 0.15) is 24.0 Å². The van der Waals surface area contributed by atoms with E-state index in [1.165, 1.54) is 4.31 Å². The summed E-state index contributed by atoms with van der Waals surface area (Å²) in [6.07, 6.45) is -0.221. The van der Waals surface area contributed by atoms with Gasteiger partial charge in [-0.2, -0.15) is 4.31 Å². The Morgan fingerprint density at radius 3 is 2.29 bits per heavy atom. The second-order valence-electron chi connectivity index (χ2n) is 8.13. The molecule has 0 bridgehead atoms. The number of ether oxygens (including phenoxy) is 1. The molecule has 182 valence electrons. The van der Waals surface area contributed by atoms with Gasteiger partial charge in [-0.3, -0.25) is 14.4 Å².